The minimum atomic E-state index is -2.47. The molecule has 3 amide bonds. The summed E-state index contributed by atoms with van der Waals surface area (Å²) in [6.45, 7) is 25.3. The molecule has 4 fully saturated rings. The summed E-state index contributed by atoms with van der Waals surface area (Å²) < 4.78 is 78.3. The highest BCUT2D eigenvalue weighted by molar-refractivity contribution is 6.39. The minimum absolute atomic E-state index is 0.00469. The number of allylic oxidation sites excluding steroid dienone is 5. The summed E-state index contributed by atoms with van der Waals surface area (Å²) in [5.41, 5.74) is 19.8. The van der Waals surface area contributed by atoms with Crippen LogP contribution < -0.4 is 16.8 Å². The number of carbonyl (C=O) groups is 6. The number of esters is 1. The van der Waals surface area contributed by atoms with Crippen molar-refractivity contribution < 1.29 is 105 Å². The number of aliphatic hydroxyl groups excluding tert-OH is 2. The largest absolute Gasteiger partial charge is 0.460 e. The molecule has 11 rings (SSSR count). The maximum Gasteiger partial charge on any atom is 0.407 e. The number of carbonyl (C=O) groups excluding carboxylic acids is 6. The van der Waals surface area contributed by atoms with Crippen LogP contribution in [0, 0.1) is 35.5 Å². The molecular weight excluding hydrogens is 1660 g/mol. The third-order valence-electron chi connectivity index (χ3n) is 26.3. The van der Waals surface area contributed by atoms with E-state index in [1.807, 2.05) is 85.9 Å². The van der Waals surface area contributed by atoms with Gasteiger partial charge in [-0.25, -0.2) is 24.2 Å². The number of ether oxygens (including phenoxy) is 12. The first-order valence-electron chi connectivity index (χ1n) is 46.4. The lowest BCUT2D eigenvalue weighted by Crippen LogP contribution is -2.61. The van der Waals surface area contributed by atoms with Crippen LogP contribution in [0.2, 0.25) is 0 Å². The lowest BCUT2D eigenvalue weighted by molar-refractivity contribution is -0.265. The number of Topliss-reactive ketones (excluding diaryl/α,β-unsaturated/α-hetero) is 2. The number of rotatable bonds is 34. The Bertz CT molecular complexity index is 4570. The van der Waals surface area contributed by atoms with Gasteiger partial charge >= 0.3 is 12.1 Å². The highest BCUT2D eigenvalue weighted by Crippen LogP contribution is 2.40. The van der Waals surface area contributed by atoms with Gasteiger partial charge in [0.25, 0.3) is 11.7 Å². The van der Waals surface area contributed by atoms with E-state index in [0.29, 0.717) is 203 Å². The molecule has 33 nitrogen and oxygen atoms in total. The molecule has 3 aromatic heterocycles. The number of hydrogen-bond acceptors (Lipinski definition) is 29. The monoisotopic (exact) mass is 1800 g/mol. The molecule has 129 heavy (non-hydrogen) atoms. The fraction of sp³-hybridized carbons (Fsp3) is 0.656. The van der Waals surface area contributed by atoms with Crippen LogP contribution in [0.3, 0.4) is 0 Å². The maximum absolute atomic E-state index is 14.8. The standard InChI is InChI=1S/C96H141N11O22/c1-62-16-12-11-13-17-63(2)80(117-8)57-75-24-19-68(7)96(116,129-75)90(112)93(113)106-30-15-14-18-76(106)94(114)127-81(58-77(108)64(3)51-67(6)88(111)89(119-10)87(110)66(5)50-62)65(4)52-69-21-25-79(82(54-69)118-9)128-95(115)99-29-39-121-43-44-122-40-36-103-32-34-104(35-33-103)37-41-123-45-47-125-49-48-124-46-42-120-38-28-84(109)105-31-27-71-53-70(20-22-73(71)60-105)59-107-92-85(91(98)100-61-101-92)86(102-107)72-23-26-78-74(55-72)56-83(97)126-78/h11-13,16-17,20,22-23,26,51,53,55-56,61-62,64-66,68-69,75-77,79-82,88-89,108,111,116H,14-15,18-19,21,24-25,27-50,52,54,57-60,97H2,1-10H3,(H,99,115)(H2,98,100,101)/b13-11?,16-12+,63-17?,67-51+/t62-,64-,65-,66-,68-,69+,75+,76+,77-,79-,80+,81+,82-,88-,89+,96-/m1/s1. The van der Waals surface area contributed by atoms with Gasteiger partial charge in [-0.2, -0.15) is 5.10 Å². The summed E-state index contributed by atoms with van der Waals surface area (Å²) in [4.78, 5) is 101. The number of piperazine rings is 1. The second-order valence-corrected chi connectivity index (χ2v) is 35.7. The predicted molar refractivity (Wildman–Crippen MR) is 485 cm³/mol. The number of amides is 3. The van der Waals surface area contributed by atoms with Crippen LogP contribution in [-0.2, 0) is 100 Å². The van der Waals surface area contributed by atoms with Crippen molar-refractivity contribution in [2.75, 3.05) is 171 Å². The Morgan fingerprint density at radius 2 is 1.40 bits per heavy atom. The number of cyclic esters (lactones) is 1. The van der Waals surface area contributed by atoms with E-state index in [9.17, 15) is 44.1 Å². The molecular formula is C96H141N11O22. The highest BCUT2D eigenvalue weighted by atomic mass is 16.6. The fourth-order valence-corrected chi connectivity index (χ4v) is 18.5. The molecule has 33 heteroatoms. The lowest BCUT2D eigenvalue weighted by Gasteiger charge is -2.43. The van der Waals surface area contributed by atoms with Gasteiger partial charge in [-0.1, -0.05) is 89.3 Å². The Balaban J connectivity index is 0.524. The van der Waals surface area contributed by atoms with Gasteiger partial charge in [0.2, 0.25) is 11.7 Å². The van der Waals surface area contributed by atoms with Crippen LogP contribution in [0.25, 0.3) is 33.3 Å². The van der Waals surface area contributed by atoms with Gasteiger partial charge in [0.05, 0.1) is 122 Å². The number of benzene rings is 2. The number of alkyl carbamates (subject to hydrolysis) is 1. The van der Waals surface area contributed by atoms with E-state index in [4.69, 9.17) is 77.8 Å². The van der Waals surface area contributed by atoms with E-state index in [0.717, 1.165) is 73.3 Å². The summed E-state index contributed by atoms with van der Waals surface area (Å²) in [5, 5.41) is 45.3. The van der Waals surface area contributed by atoms with Gasteiger partial charge in [0.1, 0.15) is 53.9 Å². The Morgan fingerprint density at radius 1 is 0.698 bits per heavy atom. The number of nitrogen functional groups attached to an aromatic ring is 2. The van der Waals surface area contributed by atoms with Gasteiger partial charge in [-0.05, 0) is 148 Å². The first-order chi connectivity index (χ1) is 62.2. The summed E-state index contributed by atoms with van der Waals surface area (Å²) in [7, 11) is 4.54. The number of aliphatic hydroxyl groups is 3. The Labute approximate surface area is 758 Å². The summed E-state index contributed by atoms with van der Waals surface area (Å²) in [6.07, 6.45) is 11.6. The Hall–Kier alpha value is -8.49. The molecule has 0 radical (unpaired) electrons. The SMILES string of the molecule is CO[C@H]1C[C@@H]2CC[C@@H](C)[C@@](O)(O2)C(=O)C(=O)N2CCCC[C@H]2C(=O)O[C@H]([C@H](C)C[C@@H]2CC[C@@H](OC(=O)NCCOCCOCCN3CCN(CCOCCOCCOCCOCCC(=O)N4CCc5cc(Cn6nc(-c7ccc8oc(N)cc8c7)c7c(N)ncnc76)ccc5C4)CC3)[C@H](OC)C2)C[C@@H](O)[C@H](C)/C=C(\C)[C@@H](O)[C@@H](OC)C(=O)[C@H](C)C[C@H](C)/C=C/C=CC=C1C. The highest BCUT2D eigenvalue weighted by Gasteiger charge is 2.53. The van der Waals surface area contributed by atoms with E-state index in [1.165, 1.54) is 23.9 Å². The topological polar surface area (TPSA) is 408 Å². The van der Waals surface area contributed by atoms with E-state index in [2.05, 4.69) is 43.3 Å². The van der Waals surface area contributed by atoms with Crippen molar-refractivity contribution >= 4 is 69.1 Å². The second-order valence-electron chi connectivity index (χ2n) is 35.7. The van der Waals surface area contributed by atoms with Gasteiger partial charge in [-0.3, -0.25) is 29.0 Å². The molecule has 8 N–H and O–H groups in total. The first-order valence-corrected chi connectivity index (χ1v) is 46.4. The van der Waals surface area contributed by atoms with Gasteiger partial charge < -0.3 is 103 Å². The zero-order valence-corrected chi connectivity index (χ0v) is 77.2. The number of aromatic nitrogens is 4. The Kier molecular flexibility index (Phi) is 39.5. The summed E-state index contributed by atoms with van der Waals surface area (Å²) in [5.74, 6) is -7.12. The third kappa shape index (κ3) is 28.8. The number of anilines is 2. The zero-order valence-electron chi connectivity index (χ0n) is 77.2. The van der Waals surface area contributed by atoms with Crippen LogP contribution in [0.4, 0.5) is 16.5 Å². The van der Waals surface area contributed by atoms with E-state index in [-0.39, 0.29) is 62.0 Å². The van der Waals surface area contributed by atoms with Crippen molar-refractivity contribution in [3.8, 4) is 11.3 Å². The van der Waals surface area contributed by atoms with Crippen LogP contribution in [0.5, 0.6) is 0 Å². The number of nitrogens with zero attached hydrogens (tertiary/aromatic N) is 8. The number of piperidine rings is 1. The number of nitrogens with one attached hydrogen (secondary N) is 1. The number of methoxy groups -OCH3 is 3. The van der Waals surface area contributed by atoms with Crippen molar-refractivity contribution in [3.63, 3.8) is 0 Å². The van der Waals surface area contributed by atoms with Gasteiger partial charge in [0.15, 0.2) is 17.3 Å². The van der Waals surface area contributed by atoms with Crippen molar-refractivity contribution in [1.82, 2.24) is 44.7 Å². The van der Waals surface area contributed by atoms with Crippen LogP contribution in [-0.4, -0.2) is 310 Å². The average molecular weight is 1800 g/mol. The molecule has 2 bridgehead atoms. The van der Waals surface area contributed by atoms with Crippen molar-refractivity contribution in [2.45, 2.75) is 212 Å². The quantitative estimate of drug-likeness (QED) is 0.00966. The molecule has 0 unspecified atom stereocenters. The number of furan rings is 1. The fourth-order valence-electron chi connectivity index (χ4n) is 18.5. The molecule has 1 saturated carbocycles. The molecule has 5 aliphatic heterocycles. The normalized spacial score (nSPS) is 27.7. The minimum Gasteiger partial charge on any atom is -0.460 e. The molecule has 0 spiro atoms. The van der Waals surface area contributed by atoms with Gasteiger partial charge in [-0.15, -0.1) is 0 Å². The molecule has 3 saturated heterocycles. The maximum atomic E-state index is 14.8. The number of ketones is 2. The summed E-state index contributed by atoms with van der Waals surface area (Å²) >= 11 is 0. The smallest absolute Gasteiger partial charge is 0.407 e. The van der Waals surface area contributed by atoms with Crippen molar-refractivity contribution in [2.24, 2.45) is 35.5 Å². The van der Waals surface area contributed by atoms with Crippen molar-refractivity contribution in [1.29, 1.82) is 0 Å². The molecule has 712 valence electrons. The van der Waals surface area contributed by atoms with E-state index >= 15 is 0 Å². The first kappa shape index (κ1) is 101. The van der Waals surface area contributed by atoms with Crippen LogP contribution >= 0.6 is 0 Å². The molecule has 6 aliphatic rings. The van der Waals surface area contributed by atoms with Crippen LogP contribution in [0.1, 0.15) is 149 Å². The molecule has 5 aromatic rings. The summed E-state index contributed by atoms with van der Waals surface area (Å²) in [6, 6.07) is 12.7. The third-order valence-corrected chi connectivity index (χ3v) is 26.3. The number of nitrogens with two attached hydrogens (primary N) is 2. The number of hydrogen-bond donors (Lipinski definition) is 6. The molecule has 16 atom stereocenters. The van der Waals surface area contributed by atoms with E-state index in [1.54, 1.807) is 47.1 Å². The van der Waals surface area contributed by atoms with Crippen LogP contribution in [0.15, 0.2) is 101 Å². The lowest BCUT2D eigenvalue weighted by atomic mass is 9.78. The number of fused-ring (bicyclic) bond motifs is 6. The molecule has 8 heterocycles. The zero-order chi connectivity index (χ0) is 92.1. The molecule has 1 aliphatic carbocycles. The van der Waals surface area contributed by atoms with Gasteiger partial charge in [0, 0.05) is 134 Å². The second kappa shape index (κ2) is 50.4. The average Bonchev–Trinajstić information content (AvgIpc) is 1.63. The van der Waals surface area contributed by atoms with Crippen molar-refractivity contribution in [3.05, 3.63) is 113 Å². The predicted octanol–water partition coefficient (Wildman–Crippen LogP) is 9.16. The molecule has 2 aromatic carbocycles. The van der Waals surface area contributed by atoms with E-state index < -0.39 is 102 Å². The Morgan fingerprint density at radius 3 is 2.09 bits per heavy atom.